The molecule has 3 aromatic heterocycles. The van der Waals surface area contributed by atoms with Crippen molar-refractivity contribution < 1.29 is 0 Å². The van der Waals surface area contributed by atoms with Gasteiger partial charge < -0.3 is 10.6 Å². The average molecular weight is 575 g/mol. The third-order valence-corrected chi connectivity index (χ3v) is 9.36. The van der Waals surface area contributed by atoms with Crippen molar-refractivity contribution in [2.24, 2.45) is 0 Å². The van der Waals surface area contributed by atoms with Crippen LogP contribution in [-0.2, 0) is 0 Å². The van der Waals surface area contributed by atoms with Gasteiger partial charge in [0.25, 0.3) is 0 Å². The van der Waals surface area contributed by atoms with Crippen LogP contribution in [0.3, 0.4) is 0 Å². The van der Waals surface area contributed by atoms with Crippen molar-refractivity contribution in [1.29, 1.82) is 0 Å². The molecule has 1 unspecified atom stereocenters. The number of fused-ring (bicyclic) bond motifs is 1. The molecule has 222 valence electrons. The number of tetrazole rings is 1. The van der Waals surface area contributed by atoms with Gasteiger partial charge in [-0.15, -0.1) is 5.10 Å². The molecule has 2 fully saturated rings. The number of rotatable bonds is 8. The Hall–Kier alpha value is -4.20. The monoisotopic (exact) mass is 574 g/mol. The first kappa shape index (κ1) is 27.6. The molecule has 43 heavy (non-hydrogen) atoms. The second kappa shape index (κ2) is 12.2. The number of hydrogen-bond donors (Lipinski definition) is 2. The van der Waals surface area contributed by atoms with Crippen LogP contribution in [0.15, 0.2) is 66.7 Å². The number of anilines is 2. The number of nitrogens with one attached hydrogen (secondary N) is 2. The molecule has 0 spiro atoms. The first-order chi connectivity index (χ1) is 21.1. The van der Waals surface area contributed by atoms with Crippen LogP contribution in [-0.4, -0.2) is 35.6 Å². The minimum absolute atomic E-state index is 0.183. The molecule has 8 nitrogen and oxygen atoms in total. The molecular formula is C35H42N8. The fraction of sp³-hybridized carbons (Fsp3) is 0.429. The van der Waals surface area contributed by atoms with Crippen molar-refractivity contribution in [2.45, 2.75) is 96.2 Å². The Balaban J connectivity index is 1.26. The zero-order valence-corrected chi connectivity index (χ0v) is 25.3. The van der Waals surface area contributed by atoms with Gasteiger partial charge in [0.05, 0.1) is 6.04 Å². The number of aryl methyl sites for hydroxylation is 2. The van der Waals surface area contributed by atoms with E-state index in [0.29, 0.717) is 12.1 Å². The van der Waals surface area contributed by atoms with Crippen LogP contribution >= 0.6 is 0 Å². The lowest BCUT2D eigenvalue weighted by Crippen LogP contribution is -2.23. The minimum Gasteiger partial charge on any atom is -0.371 e. The van der Waals surface area contributed by atoms with Crippen LogP contribution in [0.2, 0.25) is 0 Å². The Kier molecular flexibility index (Phi) is 7.83. The van der Waals surface area contributed by atoms with Crippen LogP contribution in [0.4, 0.5) is 11.5 Å². The number of hydrogen-bond acceptors (Lipinski definition) is 6. The second-order valence-electron chi connectivity index (χ2n) is 12.5. The largest absolute Gasteiger partial charge is 0.371 e. The van der Waals surface area contributed by atoms with Gasteiger partial charge in [-0.1, -0.05) is 86.6 Å². The molecule has 2 aliphatic carbocycles. The quantitative estimate of drug-likeness (QED) is 0.195. The van der Waals surface area contributed by atoms with Gasteiger partial charge in [0, 0.05) is 23.0 Å². The third kappa shape index (κ3) is 5.75. The molecule has 0 radical (unpaired) electrons. The van der Waals surface area contributed by atoms with Crippen LogP contribution in [0, 0.1) is 13.8 Å². The maximum absolute atomic E-state index is 5.13. The van der Waals surface area contributed by atoms with E-state index in [-0.39, 0.29) is 6.04 Å². The molecule has 2 N–H and O–H groups in total. The summed E-state index contributed by atoms with van der Waals surface area (Å²) in [6, 6.07) is 24.4. The van der Waals surface area contributed by atoms with Crippen molar-refractivity contribution in [1.82, 2.24) is 29.6 Å². The Labute approximate surface area is 253 Å². The van der Waals surface area contributed by atoms with E-state index in [1.54, 1.807) is 0 Å². The summed E-state index contributed by atoms with van der Waals surface area (Å²) in [7, 11) is 0. The van der Waals surface area contributed by atoms with Crippen LogP contribution in [0.1, 0.15) is 98.9 Å². The highest BCUT2D eigenvalue weighted by atomic mass is 15.6. The Morgan fingerprint density at radius 2 is 1.51 bits per heavy atom. The van der Waals surface area contributed by atoms with Gasteiger partial charge in [0.15, 0.2) is 5.82 Å². The molecule has 0 saturated heterocycles. The fourth-order valence-corrected chi connectivity index (χ4v) is 6.95. The predicted octanol–water partition coefficient (Wildman–Crippen LogP) is 8.06. The molecular weight excluding hydrogens is 532 g/mol. The molecule has 2 aliphatic rings. The summed E-state index contributed by atoms with van der Waals surface area (Å²) in [5.74, 6) is 1.96. The van der Waals surface area contributed by atoms with E-state index in [1.807, 2.05) is 0 Å². The van der Waals surface area contributed by atoms with E-state index in [9.17, 15) is 0 Å². The highest BCUT2D eigenvalue weighted by Gasteiger charge is 2.27. The standard InChI is InChI=1S/C35H42N8/c1-24-16-22-29(23-17-24)36-33(35-39-40-41-43(35)30-13-7-4-8-14-30)27-20-18-26(19-21-27)32-34(37-28-11-5-3-6-12-28)42-25(2)10-9-15-31(42)38-32/h9-10,15-23,28,30,33,36-37H,3-8,11-14H2,1-2H3. The lowest BCUT2D eigenvalue weighted by molar-refractivity contribution is 0.315. The van der Waals surface area contributed by atoms with Crippen LogP contribution in [0.25, 0.3) is 16.9 Å². The predicted molar refractivity (Wildman–Crippen MR) is 172 cm³/mol. The molecule has 1 atom stereocenters. The molecule has 0 bridgehead atoms. The Morgan fingerprint density at radius 3 is 2.26 bits per heavy atom. The molecule has 5 aromatic rings. The smallest absolute Gasteiger partial charge is 0.178 e. The maximum atomic E-state index is 5.13. The van der Waals surface area contributed by atoms with Crippen LogP contribution in [0.5, 0.6) is 0 Å². The van der Waals surface area contributed by atoms with Gasteiger partial charge >= 0.3 is 0 Å². The summed E-state index contributed by atoms with van der Waals surface area (Å²) in [5.41, 5.74) is 7.67. The number of aromatic nitrogens is 6. The fourth-order valence-electron chi connectivity index (χ4n) is 6.95. The van der Waals surface area contributed by atoms with Crippen molar-refractivity contribution in [3.05, 3.63) is 89.4 Å². The molecule has 2 aromatic carbocycles. The second-order valence-corrected chi connectivity index (χ2v) is 12.5. The summed E-state index contributed by atoms with van der Waals surface area (Å²) < 4.78 is 4.36. The van der Waals surface area contributed by atoms with Gasteiger partial charge in [0.2, 0.25) is 0 Å². The van der Waals surface area contributed by atoms with Crippen molar-refractivity contribution in [2.75, 3.05) is 10.6 Å². The topological polar surface area (TPSA) is 85.0 Å². The first-order valence-corrected chi connectivity index (χ1v) is 16.1. The van der Waals surface area contributed by atoms with E-state index >= 15 is 0 Å². The van der Waals surface area contributed by atoms with E-state index in [2.05, 4.69) is 116 Å². The molecule has 7 rings (SSSR count). The van der Waals surface area contributed by atoms with Gasteiger partial charge in [-0.3, -0.25) is 4.40 Å². The Bertz CT molecular complexity index is 1650. The molecule has 0 aliphatic heterocycles. The number of nitrogens with zero attached hydrogens (tertiary/aromatic N) is 6. The number of benzene rings is 2. The molecule has 8 heteroatoms. The van der Waals surface area contributed by atoms with Gasteiger partial charge in [-0.2, -0.15) is 0 Å². The number of pyridine rings is 1. The number of imidazole rings is 1. The maximum Gasteiger partial charge on any atom is 0.178 e. The van der Waals surface area contributed by atoms with E-state index in [4.69, 9.17) is 4.98 Å². The van der Waals surface area contributed by atoms with E-state index in [1.165, 1.54) is 62.6 Å². The lowest BCUT2D eigenvalue weighted by atomic mass is 9.95. The SMILES string of the molecule is Cc1ccc(NC(c2ccc(-c3nc4cccc(C)n4c3NC3CCCCC3)cc2)c2nnnn2C2CCCCC2)cc1. The van der Waals surface area contributed by atoms with Crippen molar-refractivity contribution >= 4 is 17.2 Å². The summed E-state index contributed by atoms with van der Waals surface area (Å²) in [6.45, 7) is 4.27. The summed E-state index contributed by atoms with van der Waals surface area (Å²) in [4.78, 5) is 5.13. The van der Waals surface area contributed by atoms with Crippen molar-refractivity contribution in [3.8, 4) is 11.3 Å². The molecule has 3 heterocycles. The summed E-state index contributed by atoms with van der Waals surface area (Å²) in [6.07, 6.45) is 12.3. The van der Waals surface area contributed by atoms with Crippen molar-refractivity contribution in [3.63, 3.8) is 0 Å². The average Bonchev–Trinajstić information content (AvgIpc) is 3.68. The van der Waals surface area contributed by atoms with E-state index < -0.39 is 0 Å². The summed E-state index contributed by atoms with van der Waals surface area (Å²) >= 11 is 0. The Morgan fingerprint density at radius 1 is 0.791 bits per heavy atom. The lowest BCUT2D eigenvalue weighted by Gasteiger charge is -2.26. The zero-order chi connectivity index (χ0) is 29.2. The van der Waals surface area contributed by atoms with Crippen LogP contribution < -0.4 is 10.6 Å². The first-order valence-electron chi connectivity index (χ1n) is 16.1. The molecule has 0 amide bonds. The minimum atomic E-state index is -0.183. The highest BCUT2D eigenvalue weighted by molar-refractivity contribution is 5.77. The van der Waals surface area contributed by atoms with E-state index in [0.717, 1.165) is 52.6 Å². The van der Waals surface area contributed by atoms with Gasteiger partial charge in [-0.25, -0.2) is 9.67 Å². The third-order valence-electron chi connectivity index (χ3n) is 9.36. The summed E-state index contributed by atoms with van der Waals surface area (Å²) in [5, 5.41) is 20.9. The highest BCUT2D eigenvalue weighted by Crippen LogP contribution is 2.36. The zero-order valence-electron chi connectivity index (χ0n) is 25.3. The normalized spacial score (nSPS) is 17.3. The van der Waals surface area contributed by atoms with Gasteiger partial charge in [-0.05, 0) is 79.8 Å². The van der Waals surface area contributed by atoms with Gasteiger partial charge in [0.1, 0.15) is 23.2 Å². The molecule has 2 saturated carbocycles.